The minimum atomic E-state index is -0.433. The molecular weight excluding hydrogens is 334 g/mol. The Labute approximate surface area is 152 Å². The quantitative estimate of drug-likeness (QED) is 0.643. The van der Waals surface area contributed by atoms with E-state index in [1.165, 1.54) is 6.33 Å². The summed E-state index contributed by atoms with van der Waals surface area (Å²) in [5.41, 5.74) is 0.881. The third-order valence-corrected chi connectivity index (χ3v) is 4.71. The third-order valence-electron chi connectivity index (χ3n) is 4.71. The van der Waals surface area contributed by atoms with E-state index in [9.17, 15) is 10.1 Å². The van der Waals surface area contributed by atoms with Gasteiger partial charge in [-0.1, -0.05) is 6.07 Å². The fourth-order valence-corrected chi connectivity index (χ4v) is 3.11. The van der Waals surface area contributed by atoms with E-state index in [1.54, 1.807) is 12.3 Å². The highest BCUT2D eigenvalue weighted by Crippen LogP contribution is 2.34. The summed E-state index contributed by atoms with van der Waals surface area (Å²) < 4.78 is 0. The molecule has 0 saturated carbocycles. The number of nitrogens with one attached hydrogen (secondary N) is 1. The lowest BCUT2D eigenvalue weighted by Gasteiger charge is -2.35. The Morgan fingerprint density at radius 3 is 2.62 bits per heavy atom. The fraction of sp³-hybridized carbons (Fsp3) is 0.471. The van der Waals surface area contributed by atoms with Crippen molar-refractivity contribution in [1.29, 1.82) is 0 Å². The van der Waals surface area contributed by atoms with E-state index < -0.39 is 4.92 Å². The molecule has 1 N–H and O–H groups in total. The van der Waals surface area contributed by atoms with Gasteiger partial charge in [-0.05, 0) is 51.5 Å². The van der Waals surface area contributed by atoms with Gasteiger partial charge in [0.25, 0.3) is 0 Å². The standard InChI is InChI=1S/C17H23N7O2/c1-12-4-5-14(18-10-12)21-16-15(24(25)26)17(20-11-19-16)23(3)13-6-8-22(2)9-7-13/h4-5,10-11,13H,6-9H2,1-3H3,(H,18,19,20,21). The minimum Gasteiger partial charge on any atom is -0.351 e. The van der Waals surface area contributed by atoms with Crippen LogP contribution in [-0.2, 0) is 0 Å². The summed E-state index contributed by atoms with van der Waals surface area (Å²) in [5.74, 6) is 0.982. The molecule has 0 aliphatic carbocycles. The number of hydrogen-bond acceptors (Lipinski definition) is 8. The number of hydrogen-bond donors (Lipinski definition) is 1. The zero-order valence-corrected chi connectivity index (χ0v) is 15.2. The van der Waals surface area contributed by atoms with Crippen LogP contribution in [0, 0.1) is 17.0 Å². The lowest BCUT2D eigenvalue weighted by Crippen LogP contribution is -2.42. The monoisotopic (exact) mass is 357 g/mol. The number of likely N-dealkylation sites (tertiary alicyclic amines) is 1. The lowest BCUT2D eigenvalue weighted by atomic mass is 10.0. The topological polar surface area (TPSA) is 100 Å². The van der Waals surface area contributed by atoms with E-state index in [1.807, 2.05) is 24.9 Å². The summed E-state index contributed by atoms with van der Waals surface area (Å²) in [4.78, 5) is 28.0. The molecule has 3 rings (SSSR count). The SMILES string of the molecule is Cc1ccc(Nc2ncnc(N(C)C3CCN(C)CC3)c2[N+](=O)[O-])nc1. The summed E-state index contributed by atoms with van der Waals surface area (Å²) in [7, 11) is 3.94. The molecule has 0 atom stereocenters. The van der Waals surface area contributed by atoms with Crippen molar-refractivity contribution >= 4 is 23.1 Å². The molecule has 0 unspecified atom stereocenters. The number of piperidine rings is 1. The van der Waals surface area contributed by atoms with Gasteiger partial charge in [0, 0.05) is 19.3 Å². The molecule has 0 bridgehead atoms. The molecule has 0 radical (unpaired) electrons. The Hall–Kier alpha value is -2.81. The van der Waals surface area contributed by atoms with Crippen LogP contribution < -0.4 is 10.2 Å². The van der Waals surface area contributed by atoms with Gasteiger partial charge in [0.1, 0.15) is 12.1 Å². The summed E-state index contributed by atoms with van der Waals surface area (Å²) in [6.45, 7) is 3.86. The molecule has 138 valence electrons. The Bertz CT molecular complexity index is 773. The van der Waals surface area contributed by atoms with Crippen molar-refractivity contribution in [2.45, 2.75) is 25.8 Å². The maximum Gasteiger partial charge on any atom is 0.353 e. The van der Waals surface area contributed by atoms with Gasteiger partial charge in [-0.3, -0.25) is 10.1 Å². The van der Waals surface area contributed by atoms with Crippen LogP contribution in [0.2, 0.25) is 0 Å². The van der Waals surface area contributed by atoms with E-state index in [-0.39, 0.29) is 17.5 Å². The Kier molecular flexibility index (Phi) is 5.27. The summed E-state index contributed by atoms with van der Waals surface area (Å²) in [5, 5.41) is 14.7. The molecule has 0 amide bonds. The second-order valence-electron chi connectivity index (χ2n) is 6.64. The van der Waals surface area contributed by atoms with Crippen LogP contribution in [0.4, 0.5) is 23.1 Å². The molecular formula is C17H23N7O2. The van der Waals surface area contributed by atoms with Crippen LogP contribution in [0.3, 0.4) is 0 Å². The minimum absolute atomic E-state index is 0.128. The Morgan fingerprint density at radius 1 is 1.27 bits per heavy atom. The Balaban J connectivity index is 1.90. The molecule has 9 nitrogen and oxygen atoms in total. The number of nitro groups is 1. The molecule has 2 aromatic heterocycles. The molecule has 0 aromatic carbocycles. The van der Waals surface area contributed by atoms with Gasteiger partial charge in [-0.2, -0.15) is 0 Å². The van der Waals surface area contributed by atoms with E-state index >= 15 is 0 Å². The Morgan fingerprint density at radius 2 is 2.00 bits per heavy atom. The van der Waals surface area contributed by atoms with Crippen molar-refractivity contribution in [3.05, 3.63) is 40.3 Å². The molecule has 1 aliphatic heterocycles. The highest BCUT2D eigenvalue weighted by molar-refractivity contribution is 5.73. The van der Waals surface area contributed by atoms with Gasteiger partial charge in [0.2, 0.25) is 11.6 Å². The first-order chi connectivity index (χ1) is 12.5. The van der Waals surface area contributed by atoms with E-state index in [4.69, 9.17) is 0 Å². The van der Waals surface area contributed by atoms with Crippen molar-refractivity contribution in [2.75, 3.05) is 37.4 Å². The highest BCUT2D eigenvalue weighted by Gasteiger charge is 2.30. The predicted molar refractivity (Wildman–Crippen MR) is 99.9 cm³/mol. The van der Waals surface area contributed by atoms with Gasteiger partial charge in [0.15, 0.2) is 0 Å². The highest BCUT2D eigenvalue weighted by atomic mass is 16.6. The number of aromatic nitrogens is 3. The number of nitrogens with zero attached hydrogens (tertiary/aromatic N) is 6. The smallest absolute Gasteiger partial charge is 0.351 e. The number of pyridine rings is 1. The molecule has 26 heavy (non-hydrogen) atoms. The number of anilines is 3. The van der Waals surface area contributed by atoms with Crippen LogP contribution in [0.25, 0.3) is 0 Å². The van der Waals surface area contributed by atoms with E-state index in [0.29, 0.717) is 11.6 Å². The molecule has 9 heteroatoms. The lowest BCUT2D eigenvalue weighted by molar-refractivity contribution is -0.383. The van der Waals surface area contributed by atoms with Crippen molar-refractivity contribution in [3.8, 4) is 0 Å². The van der Waals surface area contributed by atoms with Crippen molar-refractivity contribution in [2.24, 2.45) is 0 Å². The average Bonchev–Trinajstić information content (AvgIpc) is 2.63. The molecule has 1 saturated heterocycles. The predicted octanol–water partition coefficient (Wildman–Crippen LogP) is 2.36. The van der Waals surface area contributed by atoms with Crippen molar-refractivity contribution < 1.29 is 4.92 Å². The summed E-state index contributed by atoms with van der Waals surface area (Å²) in [6, 6.07) is 3.86. The first kappa shape index (κ1) is 18.0. The van der Waals surface area contributed by atoms with Crippen LogP contribution in [0.1, 0.15) is 18.4 Å². The number of aryl methyl sites for hydroxylation is 1. The van der Waals surface area contributed by atoms with Crippen molar-refractivity contribution in [1.82, 2.24) is 19.9 Å². The van der Waals surface area contributed by atoms with Crippen LogP contribution in [0.15, 0.2) is 24.7 Å². The van der Waals surface area contributed by atoms with Crippen LogP contribution >= 0.6 is 0 Å². The van der Waals surface area contributed by atoms with Gasteiger partial charge in [-0.15, -0.1) is 0 Å². The van der Waals surface area contributed by atoms with Gasteiger partial charge < -0.3 is 15.1 Å². The fourth-order valence-electron chi connectivity index (χ4n) is 3.11. The largest absolute Gasteiger partial charge is 0.353 e. The summed E-state index contributed by atoms with van der Waals surface area (Å²) in [6.07, 6.45) is 4.93. The molecule has 1 fully saturated rings. The maximum absolute atomic E-state index is 11.8. The molecule has 1 aliphatic rings. The molecule has 3 heterocycles. The van der Waals surface area contributed by atoms with Gasteiger partial charge in [-0.25, -0.2) is 15.0 Å². The number of rotatable bonds is 5. The average molecular weight is 357 g/mol. The van der Waals surface area contributed by atoms with Crippen molar-refractivity contribution in [3.63, 3.8) is 0 Å². The van der Waals surface area contributed by atoms with Gasteiger partial charge in [0.05, 0.1) is 4.92 Å². The van der Waals surface area contributed by atoms with Crippen LogP contribution in [0.5, 0.6) is 0 Å². The third kappa shape index (κ3) is 3.88. The van der Waals surface area contributed by atoms with Crippen LogP contribution in [-0.4, -0.2) is 58.0 Å². The first-order valence-corrected chi connectivity index (χ1v) is 8.56. The molecule has 2 aromatic rings. The zero-order valence-electron chi connectivity index (χ0n) is 15.2. The second kappa shape index (κ2) is 7.61. The zero-order chi connectivity index (χ0) is 18.7. The second-order valence-corrected chi connectivity index (χ2v) is 6.64. The maximum atomic E-state index is 11.8. The summed E-state index contributed by atoms with van der Waals surface area (Å²) >= 11 is 0. The first-order valence-electron chi connectivity index (χ1n) is 8.56. The van der Waals surface area contributed by atoms with Gasteiger partial charge >= 0.3 is 5.69 Å². The van der Waals surface area contributed by atoms with E-state index in [0.717, 1.165) is 31.5 Å². The molecule has 0 spiro atoms. The van der Waals surface area contributed by atoms with E-state index in [2.05, 4.69) is 32.2 Å². The normalized spacial score (nSPS) is 15.7.